The van der Waals surface area contributed by atoms with E-state index in [9.17, 15) is 9.59 Å². The van der Waals surface area contributed by atoms with Crippen molar-refractivity contribution in [2.45, 2.75) is 31.7 Å². The molecule has 3 amide bonds. The van der Waals surface area contributed by atoms with E-state index in [-0.39, 0.29) is 24.5 Å². The van der Waals surface area contributed by atoms with Gasteiger partial charge >= 0.3 is 6.03 Å². The van der Waals surface area contributed by atoms with Gasteiger partial charge in [0.2, 0.25) is 5.91 Å². The smallest absolute Gasteiger partial charge is 0.320 e. The molecule has 6 heteroatoms. The molecule has 0 saturated carbocycles. The summed E-state index contributed by atoms with van der Waals surface area (Å²) in [5, 5.41) is 3.31. The normalized spacial score (nSPS) is 27.5. The zero-order valence-electron chi connectivity index (χ0n) is 12.0. The largest absolute Gasteiger partial charge is 0.341 e. The standard InChI is InChI=1S/C14H24N4O2/c19-13(16-6-3-1-2-4-7-16)11-17-10-12-9-15-5-8-18(12)14(17)20/h12,15H,1-11H2. The highest BCUT2D eigenvalue weighted by Gasteiger charge is 2.39. The molecule has 1 unspecified atom stereocenters. The molecule has 0 aliphatic carbocycles. The topological polar surface area (TPSA) is 55.9 Å². The van der Waals surface area contributed by atoms with Gasteiger partial charge in [-0.05, 0) is 12.8 Å². The molecule has 20 heavy (non-hydrogen) atoms. The van der Waals surface area contributed by atoms with Gasteiger partial charge in [-0.2, -0.15) is 0 Å². The number of carbonyl (C=O) groups excluding carboxylic acids is 2. The van der Waals surface area contributed by atoms with E-state index in [1.165, 1.54) is 12.8 Å². The van der Waals surface area contributed by atoms with Crippen molar-refractivity contribution in [1.82, 2.24) is 20.0 Å². The van der Waals surface area contributed by atoms with Gasteiger partial charge in [0.1, 0.15) is 6.54 Å². The summed E-state index contributed by atoms with van der Waals surface area (Å²) in [4.78, 5) is 30.2. The predicted molar refractivity (Wildman–Crippen MR) is 75.4 cm³/mol. The first kappa shape index (κ1) is 13.7. The van der Waals surface area contributed by atoms with Crippen LogP contribution in [0.1, 0.15) is 25.7 Å². The lowest BCUT2D eigenvalue weighted by Crippen LogP contribution is -2.50. The second kappa shape index (κ2) is 5.99. The molecule has 3 rings (SSSR count). The quantitative estimate of drug-likeness (QED) is 0.780. The van der Waals surface area contributed by atoms with Crippen LogP contribution in [0.2, 0.25) is 0 Å². The summed E-state index contributed by atoms with van der Waals surface area (Å²) in [6.07, 6.45) is 4.62. The molecule has 0 aromatic carbocycles. The molecule has 3 fully saturated rings. The van der Waals surface area contributed by atoms with Crippen LogP contribution in [0.15, 0.2) is 0 Å². The van der Waals surface area contributed by atoms with E-state index in [1.54, 1.807) is 4.90 Å². The van der Waals surface area contributed by atoms with Crippen LogP contribution in [0.3, 0.4) is 0 Å². The first-order valence-corrected chi connectivity index (χ1v) is 7.80. The van der Waals surface area contributed by atoms with Crippen LogP contribution >= 0.6 is 0 Å². The molecule has 3 heterocycles. The van der Waals surface area contributed by atoms with E-state index in [0.717, 1.165) is 45.6 Å². The number of amides is 3. The lowest BCUT2D eigenvalue weighted by Gasteiger charge is -2.28. The minimum absolute atomic E-state index is 0.0414. The van der Waals surface area contributed by atoms with Crippen molar-refractivity contribution in [3.8, 4) is 0 Å². The zero-order chi connectivity index (χ0) is 13.9. The molecule has 0 aromatic rings. The molecule has 112 valence electrons. The van der Waals surface area contributed by atoms with Crippen molar-refractivity contribution < 1.29 is 9.59 Å². The maximum Gasteiger partial charge on any atom is 0.320 e. The Bertz CT molecular complexity index is 379. The van der Waals surface area contributed by atoms with Gasteiger partial charge in [-0.25, -0.2) is 4.79 Å². The summed E-state index contributed by atoms with van der Waals surface area (Å²) < 4.78 is 0. The van der Waals surface area contributed by atoms with Crippen LogP contribution in [0.25, 0.3) is 0 Å². The van der Waals surface area contributed by atoms with Crippen LogP contribution in [0.4, 0.5) is 4.79 Å². The van der Waals surface area contributed by atoms with Crippen molar-refractivity contribution in [3.05, 3.63) is 0 Å². The summed E-state index contributed by atoms with van der Waals surface area (Å²) in [5.74, 6) is 0.119. The fraction of sp³-hybridized carbons (Fsp3) is 0.857. The van der Waals surface area contributed by atoms with Crippen LogP contribution in [0.5, 0.6) is 0 Å². The van der Waals surface area contributed by atoms with Crippen molar-refractivity contribution in [2.75, 3.05) is 45.8 Å². The Morgan fingerprint density at radius 2 is 1.90 bits per heavy atom. The van der Waals surface area contributed by atoms with E-state index >= 15 is 0 Å². The summed E-state index contributed by atoms with van der Waals surface area (Å²) in [6.45, 7) is 5.12. The average molecular weight is 280 g/mol. The van der Waals surface area contributed by atoms with Gasteiger partial charge in [-0.3, -0.25) is 4.79 Å². The summed E-state index contributed by atoms with van der Waals surface area (Å²) in [5.41, 5.74) is 0. The summed E-state index contributed by atoms with van der Waals surface area (Å²) in [6, 6.07) is 0.285. The Hall–Kier alpha value is -1.30. The molecule has 3 aliphatic rings. The second-order valence-electron chi connectivity index (χ2n) is 6.01. The minimum Gasteiger partial charge on any atom is -0.341 e. The predicted octanol–water partition coefficient (Wildman–Crippen LogP) is 0.0984. The maximum absolute atomic E-state index is 12.4. The number of fused-ring (bicyclic) bond motifs is 1. The van der Waals surface area contributed by atoms with Crippen molar-refractivity contribution in [3.63, 3.8) is 0 Å². The summed E-state index contributed by atoms with van der Waals surface area (Å²) >= 11 is 0. The van der Waals surface area contributed by atoms with E-state index in [1.807, 2.05) is 9.80 Å². The lowest BCUT2D eigenvalue weighted by atomic mass is 10.2. The van der Waals surface area contributed by atoms with Gasteiger partial charge in [0.15, 0.2) is 0 Å². The van der Waals surface area contributed by atoms with E-state index in [4.69, 9.17) is 0 Å². The highest BCUT2D eigenvalue weighted by molar-refractivity contribution is 5.85. The van der Waals surface area contributed by atoms with Gasteiger partial charge in [-0.1, -0.05) is 12.8 Å². The van der Waals surface area contributed by atoms with Gasteiger partial charge in [0.05, 0.1) is 6.04 Å². The number of nitrogens with zero attached hydrogens (tertiary/aromatic N) is 3. The lowest BCUT2D eigenvalue weighted by molar-refractivity contribution is -0.131. The van der Waals surface area contributed by atoms with Gasteiger partial charge in [0.25, 0.3) is 0 Å². The number of carbonyl (C=O) groups is 2. The fourth-order valence-corrected chi connectivity index (χ4v) is 3.41. The number of urea groups is 1. The molecule has 0 spiro atoms. The summed E-state index contributed by atoms with van der Waals surface area (Å²) in [7, 11) is 0. The Morgan fingerprint density at radius 3 is 2.60 bits per heavy atom. The van der Waals surface area contributed by atoms with Gasteiger partial charge in [0, 0.05) is 39.3 Å². The molecular formula is C14H24N4O2. The van der Waals surface area contributed by atoms with Crippen molar-refractivity contribution in [1.29, 1.82) is 0 Å². The molecule has 0 aromatic heterocycles. The average Bonchev–Trinajstić information content (AvgIpc) is 2.67. The first-order chi connectivity index (χ1) is 9.75. The Labute approximate surface area is 120 Å². The third-order valence-corrected chi connectivity index (χ3v) is 4.58. The van der Waals surface area contributed by atoms with Gasteiger partial charge < -0.3 is 20.0 Å². The second-order valence-corrected chi connectivity index (χ2v) is 6.01. The van der Waals surface area contributed by atoms with Crippen molar-refractivity contribution >= 4 is 11.9 Å². The van der Waals surface area contributed by atoms with Crippen LogP contribution in [-0.4, -0.2) is 78.5 Å². The fourth-order valence-electron chi connectivity index (χ4n) is 3.41. The third kappa shape index (κ3) is 2.75. The number of piperazine rings is 1. The Balaban J connectivity index is 1.57. The minimum atomic E-state index is 0.0414. The van der Waals surface area contributed by atoms with Crippen LogP contribution in [-0.2, 0) is 4.79 Å². The van der Waals surface area contributed by atoms with E-state index < -0.39 is 0 Å². The first-order valence-electron chi connectivity index (χ1n) is 7.80. The molecular weight excluding hydrogens is 256 g/mol. The number of rotatable bonds is 2. The third-order valence-electron chi connectivity index (χ3n) is 4.58. The zero-order valence-corrected chi connectivity index (χ0v) is 12.0. The monoisotopic (exact) mass is 280 g/mol. The number of hydrogen-bond donors (Lipinski definition) is 1. The van der Waals surface area contributed by atoms with Crippen LogP contribution in [0, 0.1) is 0 Å². The molecule has 3 aliphatic heterocycles. The molecule has 1 atom stereocenters. The highest BCUT2D eigenvalue weighted by atomic mass is 16.2. The number of likely N-dealkylation sites (tertiary alicyclic amines) is 1. The maximum atomic E-state index is 12.4. The SMILES string of the molecule is O=C(CN1CC2CNCCN2C1=O)N1CCCCCC1. The van der Waals surface area contributed by atoms with E-state index in [0.29, 0.717) is 6.54 Å². The number of nitrogens with one attached hydrogen (secondary N) is 1. The molecule has 3 saturated heterocycles. The van der Waals surface area contributed by atoms with Crippen LogP contribution < -0.4 is 5.32 Å². The van der Waals surface area contributed by atoms with Crippen molar-refractivity contribution in [2.24, 2.45) is 0 Å². The Kier molecular flexibility index (Phi) is 4.10. The van der Waals surface area contributed by atoms with E-state index in [2.05, 4.69) is 5.32 Å². The molecule has 1 N–H and O–H groups in total. The molecule has 6 nitrogen and oxygen atoms in total. The number of hydrogen-bond acceptors (Lipinski definition) is 3. The Morgan fingerprint density at radius 1 is 1.15 bits per heavy atom. The molecule has 0 bridgehead atoms. The molecule has 0 radical (unpaired) electrons. The highest BCUT2D eigenvalue weighted by Crippen LogP contribution is 2.18. The van der Waals surface area contributed by atoms with Gasteiger partial charge in [-0.15, -0.1) is 0 Å².